The van der Waals surface area contributed by atoms with Crippen LogP contribution in [0.15, 0.2) is 41.1 Å². The van der Waals surface area contributed by atoms with Crippen LogP contribution in [0.25, 0.3) is 0 Å². The highest BCUT2D eigenvalue weighted by Crippen LogP contribution is 2.35. The summed E-state index contributed by atoms with van der Waals surface area (Å²) >= 11 is 3.47. The normalized spacial score (nSPS) is 13.0. The Morgan fingerprint density at radius 2 is 1.95 bits per heavy atom. The van der Waals surface area contributed by atoms with Crippen molar-refractivity contribution in [3.63, 3.8) is 0 Å². The van der Waals surface area contributed by atoms with Gasteiger partial charge in [-0.1, -0.05) is 0 Å². The van der Waals surface area contributed by atoms with Crippen LogP contribution in [0.4, 0.5) is 11.4 Å². The Bertz CT molecular complexity index is 731. The molecule has 5 nitrogen and oxygen atoms in total. The van der Waals surface area contributed by atoms with Crippen molar-refractivity contribution in [2.24, 2.45) is 0 Å². The second-order valence-electron chi connectivity index (χ2n) is 4.84. The summed E-state index contributed by atoms with van der Waals surface area (Å²) in [5.74, 6) is -1.07. The van der Waals surface area contributed by atoms with E-state index in [1.54, 1.807) is 18.5 Å². The first-order valence-corrected chi connectivity index (χ1v) is 7.15. The first-order valence-electron chi connectivity index (χ1n) is 6.35. The minimum atomic E-state index is -0.578. The summed E-state index contributed by atoms with van der Waals surface area (Å²) in [5, 5.41) is 2.59. The molecule has 3 rings (SSSR count). The molecule has 0 aliphatic carbocycles. The predicted molar refractivity (Wildman–Crippen MR) is 83.4 cm³/mol. The van der Waals surface area contributed by atoms with Gasteiger partial charge in [0.05, 0.1) is 16.9 Å². The van der Waals surface area contributed by atoms with E-state index in [1.165, 1.54) is 0 Å². The summed E-state index contributed by atoms with van der Waals surface area (Å²) in [6, 6.07) is 7.39. The van der Waals surface area contributed by atoms with Crippen LogP contribution in [0.5, 0.6) is 0 Å². The molecular formula is C15H12BrN3O2. The lowest BCUT2D eigenvalue weighted by atomic mass is 10.1. The van der Waals surface area contributed by atoms with Crippen molar-refractivity contribution in [2.45, 2.75) is 6.54 Å². The molecule has 1 N–H and O–H groups in total. The average molecular weight is 346 g/mol. The van der Waals surface area contributed by atoms with Gasteiger partial charge in [0, 0.05) is 30.5 Å². The maximum Gasteiger partial charge on any atom is 0.296 e. The molecular weight excluding hydrogens is 334 g/mol. The number of amides is 1. The zero-order valence-electron chi connectivity index (χ0n) is 11.3. The second-order valence-corrected chi connectivity index (χ2v) is 5.70. The van der Waals surface area contributed by atoms with Gasteiger partial charge in [-0.25, -0.2) is 0 Å². The largest absolute Gasteiger partial charge is 0.369 e. The van der Waals surface area contributed by atoms with E-state index in [9.17, 15) is 9.59 Å². The van der Waals surface area contributed by atoms with E-state index >= 15 is 0 Å². The summed E-state index contributed by atoms with van der Waals surface area (Å²) in [5.41, 5.74) is 3.00. The lowest BCUT2D eigenvalue weighted by molar-refractivity contribution is -0.112. The molecule has 21 heavy (non-hydrogen) atoms. The van der Waals surface area contributed by atoms with Crippen LogP contribution in [0, 0.1) is 0 Å². The first kappa shape index (κ1) is 13.8. The number of nitrogens with one attached hydrogen (secondary N) is 1. The highest BCUT2D eigenvalue weighted by Gasteiger charge is 2.29. The van der Waals surface area contributed by atoms with Gasteiger partial charge >= 0.3 is 0 Å². The average Bonchev–Trinajstić information content (AvgIpc) is 2.74. The molecule has 0 saturated heterocycles. The number of carbonyl (C=O) groups is 2. The third-order valence-electron chi connectivity index (χ3n) is 3.37. The van der Waals surface area contributed by atoms with Gasteiger partial charge in [-0.2, -0.15) is 0 Å². The molecule has 106 valence electrons. The molecule has 2 aromatic rings. The zero-order valence-corrected chi connectivity index (χ0v) is 12.8. The number of nitrogens with zero attached hydrogens (tertiary/aromatic N) is 2. The van der Waals surface area contributed by atoms with Crippen molar-refractivity contribution < 1.29 is 9.59 Å². The van der Waals surface area contributed by atoms with Gasteiger partial charge in [0.2, 0.25) is 0 Å². The first-order chi connectivity index (χ1) is 10.1. The molecule has 0 fully saturated rings. The third-order valence-corrected chi connectivity index (χ3v) is 4.00. The highest BCUT2D eigenvalue weighted by atomic mass is 79.9. The number of carbonyl (C=O) groups excluding carboxylic acids is 2. The molecule has 0 unspecified atom stereocenters. The molecule has 0 atom stereocenters. The Morgan fingerprint density at radius 1 is 1.24 bits per heavy atom. The topological polar surface area (TPSA) is 62.3 Å². The number of halogens is 1. The van der Waals surface area contributed by atoms with Crippen molar-refractivity contribution in [1.29, 1.82) is 0 Å². The number of anilines is 2. The van der Waals surface area contributed by atoms with E-state index in [2.05, 4.69) is 26.2 Å². The Labute approximate surface area is 130 Å². The summed E-state index contributed by atoms with van der Waals surface area (Å²) in [4.78, 5) is 29.1. The Morgan fingerprint density at radius 3 is 2.67 bits per heavy atom. The summed E-state index contributed by atoms with van der Waals surface area (Å²) < 4.78 is 0.780. The van der Waals surface area contributed by atoms with E-state index in [4.69, 9.17) is 0 Å². The zero-order chi connectivity index (χ0) is 15.0. The molecule has 0 bridgehead atoms. The molecule has 1 amide bonds. The molecule has 1 aromatic carbocycles. The Kier molecular flexibility index (Phi) is 3.47. The van der Waals surface area contributed by atoms with Gasteiger partial charge in [-0.15, -0.1) is 0 Å². The molecule has 1 aliphatic heterocycles. The quantitative estimate of drug-likeness (QED) is 0.868. The Balaban J connectivity index is 1.91. The van der Waals surface area contributed by atoms with Crippen molar-refractivity contribution in [2.75, 3.05) is 17.3 Å². The van der Waals surface area contributed by atoms with Crippen molar-refractivity contribution >= 4 is 39.0 Å². The minimum absolute atomic E-state index is 0.410. The van der Waals surface area contributed by atoms with Crippen molar-refractivity contribution in [1.82, 2.24) is 4.98 Å². The van der Waals surface area contributed by atoms with Gasteiger partial charge in [0.1, 0.15) is 0 Å². The number of benzene rings is 1. The SMILES string of the molecule is CN(Cc1ccncc1)c1cc2c(cc1Br)C(=O)C(=O)N2. The van der Waals surface area contributed by atoms with Crippen LogP contribution in [0.2, 0.25) is 0 Å². The van der Waals surface area contributed by atoms with Gasteiger partial charge in [-0.3, -0.25) is 14.6 Å². The summed E-state index contributed by atoms with van der Waals surface area (Å²) in [6.45, 7) is 0.696. The van der Waals surface area contributed by atoms with Gasteiger partial charge in [0.25, 0.3) is 11.7 Å². The number of ketones is 1. The molecule has 1 aromatic heterocycles. The fourth-order valence-electron chi connectivity index (χ4n) is 2.29. The molecule has 0 saturated carbocycles. The van der Waals surface area contributed by atoms with Gasteiger partial charge in [-0.05, 0) is 45.8 Å². The van der Waals surface area contributed by atoms with Crippen LogP contribution in [0.3, 0.4) is 0 Å². The van der Waals surface area contributed by atoms with E-state index in [1.807, 2.05) is 30.1 Å². The minimum Gasteiger partial charge on any atom is -0.369 e. The van der Waals surface area contributed by atoms with Crippen molar-refractivity contribution in [3.8, 4) is 0 Å². The van der Waals surface area contributed by atoms with E-state index in [0.29, 0.717) is 17.8 Å². The third kappa shape index (κ3) is 2.54. The monoisotopic (exact) mass is 345 g/mol. The number of Topliss-reactive ketones (excluding diaryl/α,β-unsaturated/α-hetero) is 1. The van der Waals surface area contributed by atoms with E-state index < -0.39 is 11.7 Å². The number of rotatable bonds is 3. The van der Waals surface area contributed by atoms with Gasteiger partial charge in [0.15, 0.2) is 0 Å². The fourth-order valence-corrected chi connectivity index (χ4v) is 2.94. The van der Waals surface area contributed by atoms with Crippen LogP contribution in [0.1, 0.15) is 15.9 Å². The van der Waals surface area contributed by atoms with E-state index in [0.717, 1.165) is 15.7 Å². The van der Waals surface area contributed by atoms with Crippen molar-refractivity contribution in [3.05, 3.63) is 52.3 Å². The lowest BCUT2D eigenvalue weighted by Gasteiger charge is -2.21. The number of aromatic nitrogens is 1. The van der Waals surface area contributed by atoms with Crippen LogP contribution in [-0.2, 0) is 11.3 Å². The molecule has 0 radical (unpaired) electrons. The molecule has 1 aliphatic rings. The fraction of sp³-hybridized carbons (Fsp3) is 0.133. The van der Waals surface area contributed by atoms with Crippen LogP contribution in [-0.4, -0.2) is 23.7 Å². The number of hydrogen-bond acceptors (Lipinski definition) is 4. The number of pyridine rings is 1. The number of hydrogen-bond donors (Lipinski definition) is 1. The van der Waals surface area contributed by atoms with E-state index in [-0.39, 0.29) is 0 Å². The summed E-state index contributed by atoms with van der Waals surface area (Å²) in [6.07, 6.45) is 3.50. The lowest BCUT2D eigenvalue weighted by Crippen LogP contribution is -2.17. The molecule has 0 spiro atoms. The van der Waals surface area contributed by atoms with Crippen LogP contribution >= 0.6 is 15.9 Å². The molecule has 6 heteroatoms. The smallest absolute Gasteiger partial charge is 0.296 e. The van der Waals surface area contributed by atoms with Gasteiger partial charge < -0.3 is 10.2 Å². The Hall–Kier alpha value is -2.21. The highest BCUT2D eigenvalue weighted by molar-refractivity contribution is 9.10. The standard InChI is InChI=1S/C15H12BrN3O2/c1-19(8-9-2-4-17-5-3-9)13-7-12-10(6-11(13)16)14(20)15(21)18-12/h2-7H,8H2,1H3,(H,18,20,21). The predicted octanol–water partition coefficient (Wildman–Crippen LogP) is 2.62. The maximum atomic E-state index is 11.7. The van der Waals surface area contributed by atoms with Crippen LogP contribution < -0.4 is 10.2 Å². The molecule has 2 heterocycles. The maximum absolute atomic E-state index is 11.7. The number of fused-ring (bicyclic) bond motifs is 1. The summed E-state index contributed by atoms with van der Waals surface area (Å²) in [7, 11) is 1.95. The second kappa shape index (κ2) is 5.29.